The van der Waals surface area contributed by atoms with Crippen molar-refractivity contribution in [2.75, 3.05) is 35.6 Å². The molecule has 0 saturated carbocycles. The number of nitrogens with two attached hydrogens (primary N) is 1. The normalized spacial score (nSPS) is 15.9. The van der Waals surface area contributed by atoms with Crippen LogP contribution in [0.4, 0.5) is 11.4 Å². The summed E-state index contributed by atoms with van der Waals surface area (Å²) in [6.45, 7) is 1.68. The zero-order valence-corrected chi connectivity index (χ0v) is 17.1. The highest BCUT2D eigenvalue weighted by Crippen LogP contribution is 2.18. The first-order valence-corrected chi connectivity index (χ1v) is 9.93. The van der Waals surface area contributed by atoms with Crippen molar-refractivity contribution in [3.05, 3.63) is 59.7 Å². The molecule has 1 amide bonds. The minimum atomic E-state index is -2.89. The van der Waals surface area contributed by atoms with Crippen LogP contribution in [0.25, 0.3) is 0 Å². The van der Waals surface area contributed by atoms with Crippen LogP contribution in [-0.2, 0) is 16.4 Å². The van der Waals surface area contributed by atoms with Gasteiger partial charge in [0.15, 0.2) is 9.84 Å². The molecule has 148 valence electrons. The minimum absolute atomic E-state index is 0. The lowest BCUT2D eigenvalue weighted by Crippen LogP contribution is -2.39. The summed E-state index contributed by atoms with van der Waals surface area (Å²) in [5.74, 6) is 0.168. The third-order valence-electron chi connectivity index (χ3n) is 4.24. The van der Waals surface area contributed by atoms with Gasteiger partial charge in [0.2, 0.25) is 0 Å². The second-order valence-electron chi connectivity index (χ2n) is 6.17. The van der Waals surface area contributed by atoms with Crippen molar-refractivity contribution in [2.24, 2.45) is 0 Å². The van der Waals surface area contributed by atoms with E-state index >= 15 is 0 Å². The van der Waals surface area contributed by atoms with Gasteiger partial charge in [0.25, 0.3) is 5.91 Å². The van der Waals surface area contributed by atoms with Crippen LogP contribution in [0, 0.1) is 0 Å². The van der Waals surface area contributed by atoms with Crippen LogP contribution in [0.15, 0.2) is 48.5 Å². The zero-order chi connectivity index (χ0) is 17.9. The van der Waals surface area contributed by atoms with Crippen molar-refractivity contribution < 1.29 is 13.2 Å². The molecule has 0 bridgehead atoms. The molecular weight excluding hydrogens is 409 g/mol. The van der Waals surface area contributed by atoms with Gasteiger partial charge in [0.1, 0.15) is 0 Å². The Bertz CT molecular complexity index is 877. The smallest absolute Gasteiger partial charge is 0.255 e. The summed E-state index contributed by atoms with van der Waals surface area (Å²) in [6.07, 6.45) is 0. The number of carbonyl (C=O) groups excluding carboxylic acids is 1. The SMILES string of the molecule is Cl.Cl.Nc1ccccc1NC(=O)c1cccc(CN2CCS(=O)(=O)CC2)c1. The molecule has 27 heavy (non-hydrogen) atoms. The van der Waals surface area contributed by atoms with E-state index in [1.165, 1.54) is 0 Å². The van der Waals surface area contributed by atoms with Gasteiger partial charge in [0.05, 0.1) is 22.9 Å². The molecule has 0 aliphatic carbocycles. The number of benzene rings is 2. The number of nitrogens with one attached hydrogen (secondary N) is 1. The Morgan fingerprint density at radius 2 is 1.70 bits per heavy atom. The number of carbonyl (C=O) groups is 1. The van der Waals surface area contributed by atoms with Gasteiger partial charge in [-0.1, -0.05) is 24.3 Å². The average molecular weight is 432 g/mol. The van der Waals surface area contributed by atoms with Gasteiger partial charge in [-0.2, -0.15) is 0 Å². The van der Waals surface area contributed by atoms with Gasteiger partial charge in [-0.15, -0.1) is 24.8 Å². The Morgan fingerprint density at radius 1 is 1.04 bits per heavy atom. The maximum Gasteiger partial charge on any atom is 0.255 e. The van der Waals surface area contributed by atoms with Crippen LogP contribution in [-0.4, -0.2) is 43.8 Å². The number of amides is 1. The Kier molecular flexibility index (Phi) is 8.56. The van der Waals surface area contributed by atoms with Gasteiger partial charge < -0.3 is 11.1 Å². The maximum absolute atomic E-state index is 12.4. The van der Waals surface area contributed by atoms with Gasteiger partial charge in [0, 0.05) is 25.2 Å². The zero-order valence-electron chi connectivity index (χ0n) is 14.6. The average Bonchev–Trinajstić information content (AvgIpc) is 2.59. The molecule has 0 radical (unpaired) electrons. The van der Waals surface area contributed by atoms with E-state index in [2.05, 4.69) is 10.2 Å². The summed E-state index contributed by atoms with van der Waals surface area (Å²) in [5.41, 5.74) is 8.48. The summed E-state index contributed by atoms with van der Waals surface area (Å²) >= 11 is 0. The van der Waals surface area contributed by atoms with Crippen molar-refractivity contribution in [2.45, 2.75) is 6.54 Å². The largest absolute Gasteiger partial charge is 0.397 e. The Morgan fingerprint density at radius 3 is 2.37 bits per heavy atom. The predicted octanol–water partition coefficient (Wildman–Crippen LogP) is 2.60. The van der Waals surface area contributed by atoms with E-state index in [0.717, 1.165) is 5.56 Å². The fourth-order valence-corrected chi connectivity index (χ4v) is 4.06. The predicted molar refractivity (Wildman–Crippen MR) is 114 cm³/mol. The molecular formula is C18H23Cl2N3O3S. The van der Waals surface area contributed by atoms with Gasteiger partial charge in [-0.3, -0.25) is 9.69 Å². The van der Waals surface area contributed by atoms with Crippen LogP contribution in [0.1, 0.15) is 15.9 Å². The third-order valence-corrected chi connectivity index (χ3v) is 5.85. The second kappa shape index (κ2) is 9.94. The van der Waals surface area contributed by atoms with E-state index in [9.17, 15) is 13.2 Å². The highest BCUT2D eigenvalue weighted by Gasteiger charge is 2.21. The number of nitrogen functional groups attached to an aromatic ring is 1. The molecule has 9 heteroatoms. The minimum Gasteiger partial charge on any atom is -0.397 e. The van der Waals surface area contributed by atoms with E-state index in [1.807, 2.05) is 30.3 Å². The molecule has 2 aromatic rings. The molecule has 3 N–H and O–H groups in total. The van der Waals surface area contributed by atoms with Crippen LogP contribution in [0.3, 0.4) is 0 Å². The monoisotopic (exact) mass is 431 g/mol. The topological polar surface area (TPSA) is 92.5 Å². The molecule has 1 aliphatic heterocycles. The third kappa shape index (κ3) is 6.39. The van der Waals surface area contributed by atoms with Gasteiger partial charge in [-0.25, -0.2) is 8.42 Å². The number of nitrogens with zero attached hydrogens (tertiary/aromatic N) is 1. The molecule has 0 spiro atoms. The second-order valence-corrected chi connectivity index (χ2v) is 8.47. The Labute approximate surface area is 171 Å². The van der Waals surface area contributed by atoms with Crippen molar-refractivity contribution in [1.29, 1.82) is 0 Å². The number of halogens is 2. The van der Waals surface area contributed by atoms with E-state index in [0.29, 0.717) is 36.6 Å². The highest BCUT2D eigenvalue weighted by atomic mass is 35.5. The fraction of sp³-hybridized carbons (Fsp3) is 0.278. The van der Waals surface area contributed by atoms with Crippen molar-refractivity contribution >= 4 is 51.9 Å². The standard InChI is InChI=1S/C18H21N3O3S.2ClH/c19-16-6-1-2-7-17(16)20-18(22)15-5-3-4-14(12-15)13-21-8-10-25(23,24)11-9-21;;/h1-7,12H,8-11,13,19H2,(H,20,22);2*1H. The van der Waals surface area contributed by atoms with Crippen LogP contribution >= 0.6 is 24.8 Å². The van der Waals surface area contributed by atoms with E-state index < -0.39 is 9.84 Å². The van der Waals surface area contributed by atoms with Crippen LogP contribution in [0.2, 0.25) is 0 Å². The highest BCUT2D eigenvalue weighted by molar-refractivity contribution is 7.91. The lowest BCUT2D eigenvalue weighted by atomic mass is 10.1. The molecule has 0 aromatic heterocycles. The van der Waals surface area contributed by atoms with E-state index in [1.54, 1.807) is 18.2 Å². The molecule has 1 fully saturated rings. The van der Waals surface area contributed by atoms with E-state index in [-0.39, 0.29) is 42.2 Å². The lowest BCUT2D eigenvalue weighted by Gasteiger charge is -2.26. The van der Waals surface area contributed by atoms with Gasteiger partial charge in [-0.05, 0) is 29.8 Å². The fourth-order valence-electron chi connectivity index (χ4n) is 2.78. The number of hydrogen-bond acceptors (Lipinski definition) is 5. The molecule has 6 nitrogen and oxygen atoms in total. The number of anilines is 2. The molecule has 1 saturated heterocycles. The summed E-state index contributed by atoms with van der Waals surface area (Å²) < 4.78 is 23.0. The van der Waals surface area contributed by atoms with Gasteiger partial charge >= 0.3 is 0 Å². The first kappa shape index (κ1) is 23.2. The van der Waals surface area contributed by atoms with Crippen LogP contribution in [0.5, 0.6) is 0 Å². The number of para-hydroxylation sites is 2. The number of rotatable bonds is 4. The van der Waals surface area contributed by atoms with Crippen molar-refractivity contribution in [3.8, 4) is 0 Å². The first-order valence-electron chi connectivity index (χ1n) is 8.10. The molecule has 2 aromatic carbocycles. The number of sulfone groups is 1. The van der Waals surface area contributed by atoms with E-state index in [4.69, 9.17) is 5.73 Å². The molecule has 0 unspecified atom stereocenters. The first-order chi connectivity index (χ1) is 11.9. The molecule has 1 aliphatic rings. The molecule has 0 atom stereocenters. The lowest BCUT2D eigenvalue weighted by molar-refractivity contribution is 0.102. The molecule has 1 heterocycles. The molecule has 3 rings (SSSR count). The summed E-state index contributed by atoms with van der Waals surface area (Å²) in [5, 5.41) is 2.81. The quantitative estimate of drug-likeness (QED) is 0.725. The van der Waals surface area contributed by atoms with Crippen LogP contribution < -0.4 is 11.1 Å². The summed E-state index contributed by atoms with van der Waals surface area (Å²) in [7, 11) is -2.89. The summed E-state index contributed by atoms with van der Waals surface area (Å²) in [4.78, 5) is 14.5. The number of hydrogen-bond donors (Lipinski definition) is 2. The van der Waals surface area contributed by atoms with Crippen molar-refractivity contribution in [1.82, 2.24) is 4.90 Å². The Balaban J connectivity index is 0.00000182. The summed E-state index contributed by atoms with van der Waals surface area (Å²) in [6, 6.07) is 14.5. The maximum atomic E-state index is 12.4. The Hall–Kier alpha value is -1.80. The van der Waals surface area contributed by atoms with Crippen molar-refractivity contribution in [3.63, 3.8) is 0 Å².